The molecule has 0 heterocycles. The third-order valence-electron chi connectivity index (χ3n) is 2.20. The van der Waals surface area contributed by atoms with Crippen LogP contribution in [-0.2, 0) is 0 Å². The average Bonchev–Trinajstić information content (AvgIpc) is 2.16. The minimum atomic E-state index is -0.806. The lowest BCUT2D eigenvalue weighted by Crippen LogP contribution is -2.05. The second-order valence-corrected chi connectivity index (χ2v) is 4.03. The largest absolute Gasteiger partial charge is 0.385 e. The summed E-state index contributed by atoms with van der Waals surface area (Å²) in [5.41, 5.74) is 0.0816. The lowest BCUT2D eigenvalue weighted by Gasteiger charge is -2.08. The summed E-state index contributed by atoms with van der Waals surface area (Å²) in [6.45, 7) is 4.92. The Morgan fingerprint density at radius 3 is 2.69 bits per heavy atom. The number of rotatable bonds is 5. The number of halogens is 1. The summed E-state index contributed by atoms with van der Waals surface area (Å²) in [4.78, 5) is 9.65. The number of hydrogen-bond acceptors (Lipinski definition) is 3. The van der Waals surface area contributed by atoms with Crippen molar-refractivity contribution >= 4 is 11.4 Å². The molecule has 0 aromatic heterocycles. The van der Waals surface area contributed by atoms with E-state index in [2.05, 4.69) is 19.2 Å². The maximum absolute atomic E-state index is 13.2. The molecule has 0 saturated heterocycles. The zero-order valence-electron chi connectivity index (χ0n) is 9.37. The first-order valence-corrected chi connectivity index (χ1v) is 5.18. The van der Waals surface area contributed by atoms with Gasteiger partial charge in [-0.25, -0.2) is 0 Å². The van der Waals surface area contributed by atoms with Crippen LogP contribution in [0, 0.1) is 21.8 Å². The molecule has 1 aromatic rings. The Kier molecular flexibility index (Phi) is 4.22. The average molecular weight is 226 g/mol. The SMILES string of the molecule is CC(C)CCNc1ccc([N+](=O)[O-])c(F)c1. The van der Waals surface area contributed by atoms with E-state index in [1.165, 1.54) is 12.1 Å². The fourth-order valence-electron chi connectivity index (χ4n) is 1.27. The van der Waals surface area contributed by atoms with Gasteiger partial charge in [0.15, 0.2) is 0 Å². The Bertz CT molecular complexity index is 380. The molecule has 1 rings (SSSR count). The van der Waals surface area contributed by atoms with Crippen LogP contribution in [0.2, 0.25) is 0 Å². The lowest BCUT2D eigenvalue weighted by atomic mass is 10.1. The van der Waals surface area contributed by atoms with Gasteiger partial charge in [-0.2, -0.15) is 4.39 Å². The van der Waals surface area contributed by atoms with Crippen molar-refractivity contribution in [1.82, 2.24) is 0 Å². The molecule has 0 spiro atoms. The molecule has 0 aliphatic rings. The Morgan fingerprint density at radius 2 is 2.19 bits per heavy atom. The molecule has 1 N–H and O–H groups in total. The van der Waals surface area contributed by atoms with Crippen molar-refractivity contribution in [2.24, 2.45) is 5.92 Å². The van der Waals surface area contributed by atoms with E-state index >= 15 is 0 Å². The maximum atomic E-state index is 13.2. The summed E-state index contributed by atoms with van der Waals surface area (Å²) in [6, 6.07) is 3.84. The van der Waals surface area contributed by atoms with Crippen molar-refractivity contribution in [3.05, 3.63) is 34.1 Å². The Labute approximate surface area is 93.6 Å². The molecule has 5 heteroatoms. The number of anilines is 1. The maximum Gasteiger partial charge on any atom is 0.304 e. The van der Waals surface area contributed by atoms with Crippen LogP contribution in [0.3, 0.4) is 0 Å². The molecular formula is C11H15FN2O2. The zero-order chi connectivity index (χ0) is 12.1. The minimum absolute atomic E-state index is 0.491. The van der Waals surface area contributed by atoms with Crippen LogP contribution in [0.5, 0.6) is 0 Å². The standard InChI is InChI=1S/C11H15FN2O2/c1-8(2)5-6-13-9-3-4-11(14(15)16)10(12)7-9/h3-4,7-8,13H,5-6H2,1-2H3. The van der Waals surface area contributed by atoms with Crippen LogP contribution in [-0.4, -0.2) is 11.5 Å². The third kappa shape index (κ3) is 3.49. The van der Waals surface area contributed by atoms with Crippen molar-refractivity contribution in [3.8, 4) is 0 Å². The fraction of sp³-hybridized carbons (Fsp3) is 0.455. The number of benzene rings is 1. The molecule has 88 valence electrons. The molecule has 0 saturated carbocycles. The molecule has 0 amide bonds. The first-order valence-electron chi connectivity index (χ1n) is 5.18. The van der Waals surface area contributed by atoms with E-state index in [-0.39, 0.29) is 0 Å². The van der Waals surface area contributed by atoms with E-state index in [9.17, 15) is 14.5 Å². The van der Waals surface area contributed by atoms with Crippen molar-refractivity contribution < 1.29 is 9.31 Å². The summed E-state index contributed by atoms with van der Waals surface area (Å²) >= 11 is 0. The number of nitro benzene ring substituents is 1. The second kappa shape index (κ2) is 5.44. The van der Waals surface area contributed by atoms with Crippen LogP contribution in [0.4, 0.5) is 15.8 Å². The first-order chi connectivity index (χ1) is 7.50. The molecule has 0 aliphatic carbocycles. The lowest BCUT2D eigenvalue weighted by molar-refractivity contribution is -0.387. The molecular weight excluding hydrogens is 211 g/mol. The van der Waals surface area contributed by atoms with Gasteiger partial charge in [0.2, 0.25) is 5.82 Å². The van der Waals surface area contributed by atoms with Crippen molar-refractivity contribution in [2.75, 3.05) is 11.9 Å². The summed E-state index contributed by atoms with van der Waals surface area (Å²) in [5.74, 6) is -0.241. The van der Waals surface area contributed by atoms with E-state index in [0.29, 0.717) is 11.6 Å². The summed E-state index contributed by atoms with van der Waals surface area (Å²) in [6.07, 6.45) is 0.971. The highest BCUT2D eigenvalue weighted by molar-refractivity contribution is 5.49. The fourth-order valence-corrected chi connectivity index (χ4v) is 1.27. The first kappa shape index (κ1) is 12.4. The monoisotopic (exact) mass is 226 g/mol. The van der Waals surface area contributed by atoms with Crippen molar-refractivity contribution in [3.63, 3.8) is 0 Å². The second-order valence-electron chi connectivity index (χ2n) is 4.03. The number of nitrogens with one attached hydrogen (secondary N) is 1. The number of nitro groups is 1. The van der Waals surface area contributed by atoms with Crippen LogP contribution < -0.4 is 5.32 Å². The van der Waals surface area contributed by atoms with Crippen molar-refractivity contribution in [1.29, 1.82) is 0 Å². The molecule has 0 unspecified atom stereocenters. The topological polar surface area (TPSA) is 55.2 Å². The van der Waals surface area contributed by atoms with Crippen LogP contribution >= 0.6 is 0 Å². The van der Waals surface area contributed by atoms with Crippen LogP contribution in [0.25, 0.3) is 0 Å². The minimum Gasteiger partial charge on any atom is -0.385 e. The van der Waals surface area contributed by atoms with Gasteiger partial charge in [-0.3, -0.25) is 10.1 Å². The number of hydrogen-bond donors (Lipinski definition) is 1. The van der Waals surface area contributed by atoms with Gasteiger partial charge in [0.05, 0.1) is 4.92 Å². The molecule has 0 aliphatic heterocycles. The molecule has 4 nitrogen and oxygen atoms in total. The summed E-state index contributed by atoms with van der Waals surface area (Å²) < 4.78 is 13.2. The number of nitrogens with zero attached hydrogens (tertiary/aromatic N) is 1. The van der Waals surface area contributed by atoms with Gasteiger partial charge in [-0.1, -0.05) is 13.8 Å². The molecule has 1 aromatic carbocycles. The van der Waals surface area contributed by atoms with Gasteiger partial charge >= 0.3 is 5.69 Å². The zero-order valence-corrected chi connectivity index (χ0v) is 9.37. The molecule has 0 bridgehead atoms. The van der Waals surface area contributed by atoms with E-state index in [4.69, 9.17) is 0 Å². The van der Waals surface area contributed by atoms with E-state index < -0.39 is 16.4 Å². The van der Waals surface area contributed by atoms with Gasteiger partial charge in [0.1, 0.15) is 0 Å². The predicted octanol–water partition coefficient (Wildman–Crippen LogP) is 3.19. The van der Waals surface area contributed by atoms with Gasteiger partial charge in [-0.15, -0.1) is 0 Å². The highest BCUT2D eigenvalue weighted by Gasteiger charge is 2.13. The van der Waals surface area contributed by atoms with Gasteiger partial charge in [0, 0.05) is 24.4 Å². The molecule has 0 radical (unpaired) electrons. The van der Waals surface area contributed by atoms with E-state index in [1.54, 1.807) is 0 Å². The predicted molar refractivity (Wildman–Crippen MR) is 61.0 cm³/mol. The Morgan fingerprint density at radius 1 is 1.50 bits per heavy atom. The van der Waals surface area contributed by atoms with E-state index in [0.717, 1.165) is 19.0 Å². The van der Waals surface area contributed by atoms with Crippen molar-refractivity contribution in [2.45, 2.75) is 20.3 Å². The molecule has 0 fully saturated rings. The quantitative estimate of drug-likeness (QED) is 0.619. The summed E-state index contributed by atoms with van der Waals surface area (Å²) in [7, 11) is 0. The Hall–Kier alpha value is -1.65. The molecule has 16 heavy (non-hydrogen) atoms. The van der Waals surface area contributed by atoms with Gasteiger partial charge in [-0.05, 0) is 18.4 Å². The smallest absolute Gasteiger partial charge is 0.304 e. The highest BCUT2D eigenvalue weighted by atomic mass is 19.1. The third-order valence-corrected chi connectivity index (χ3v) is 2.20. The van der Waals surface area contributed by atoms with Crippen LogP contribution in [0.15, 0.2) is 18.2 Å². The van der Waals surface area contributed by atoms with Gasteiger partial charge < -0.3 is 5.32 Å². The van der Waals surface area contributed by atoms with Crippen LogP contribution in [0.1, 0.15) is 20.3 Å². The van der Waals surface area contributed by atoms with Gasteiger partial charge in [0.25, 0.3) is 0 Å². The highest BCUT2D eigenvalue weighted by Crippen LogP contribution is 2.20. The summed E-state index contributed by atoms with van der Waals surface area (Å²) in [5, 5.41) is 13.4. The normalized spacial score (nSPS) is 10.5. The Balaban J connectivity index is 2.63. The van der Waals surface area contributed by atoms with E-state index in [1.807, 2.05) is 0 Å². The molecule has 0 atom stereocenters.